The number of rotatable bonds is 4. The Balaban J connectivity index is 1.75. The van der Waals surface area contributed by atoms with E-state index >= 15 is 0 Å². The molecule has 3 heterocycles. The van der Waals surface area contributed by atoms with Crippen LogP contribution in [0.5, 0.6) is 0 Å². The maximum Gasteiger partial charge on any atom is 0.332 e. The number of hydrogen-bond acceptors (Lipinski definition) is 6. The Morgan fingerprint density at radius 2 is 2.38 bits per heavy atom. The van der Waals surface area contributed by atoms with Crippen LogP contribution in [-0.4, -0.2) is 70.4 Å². The van der Waals surface area contributed by atoms with Gasteiger partial charge in [0.1, 0.15) is 11.5 Å². The summed E-state index contributed by atoms with van der Waals surface area (Å²) in [6, 6.07) is 0. The molecule has 9 heteroatoms. The van der Waals surface area contributed by atoms with Crippen molar-refractivity contribution in [1.82, 2.24) is 4.90 Å². The zero-order valence-corrected chi connectivity index (χ0v) is 13.9. The molecule has 0 aromatic heterocycles. The summed E-state index contributed by atoms with van der Waals surface area (Å²) >= 11 is 1.73. The van der Waals surface area contributed by atoms with Gasteiger partial charge in [0, 0.05) is 6.42 Å². The highest BCUT2D eigenvalue weighted by Gasteiger charge is 2.63. The molecular formula is C12H17NO5S3. The zero-order chi connectivity index (χ0) is 15.4. The second-order valence-electron chi connectivity index (χ2n) is 5.64. The molecule has 0 aromatic rings. The standard InChI is InChI=1S/C12H17NO5S3/c1-6(14)8-9(15)13-5-12(11(16)17,20-10(8)13)19-7-2-3-21(18)4-7/h6-8,10,14H,2-5H2,1H3,(H,16,17)/t6-,7+,8+,10-,12?,21-/m1/s1. The number of carbonyl (C=O) groups is 2. The molecule has 0 saturated carbocycles. The number of nitrogens with zero attached hydrogens (tertiary/aromatic N) is 1. The normalized spacial score (nSPS) is 43.6. The predicted octanol–water partition coefficient (Wildman–Crippen LogP) is -0.0664. The molecule has 3 fully saturated rings. The molecular weight excluding hydrogens is 334 g/mol. The summed E-state index contributed by atoms with van der Waals surface area (Å²) in [5.41, 5.74) is 0. The van der Waals surface area contributed by atoms with Gasteiger partial charge in [0.05, 0.1) is 29.2 Å². The Kier molecular flexibility index (Phi) is 4.15. The van der Waals surface area contributed by atoms with Crippen LogP contribution in [-0.2, 0) is 20.8 Å². The first kappa shape index (κ1) is 15.8. The minimum absolute atomic E-state index is 0.0632. The van der Waals surface area contributed by atoms with Crippen molar-refractivity contribution < 1.29 is 24.4 Å². The van der Waals surface area contributed by atoms with E-state index in [1.807, 2.05) is 0 Å². The number of aliphatic hydroxyl groups excluding tert-OH is 1. The van der Waals surface area contributed by atoms with Crippen molar-refractivity contribution in [3.05, 3.63) is 0 Å². The third-order valence-corrected chi connectivity index (χ3v) is 9.26. The molecule has 118 valence electrons. The minimum atomic E-state index is -1.09. The molecule has 21 heavy (non-hydrogen) atoms. The van der Waals surface area contributed by atoms with E-state index < -0.39 is 33.2 Å². The molecule has 3 aliphatic rings. The largest absolute Gasteiger partial charge is 0.616 e. The molecule has 3 saturated heterocycles. The fraction of sp³-hybridized carbons (Fsp3) is 0.833. The molecule has 0 aliphatic carbocycles. The molecule has 3 rings (SSSR count). The topological polar surface area (TPSA) is 101 Å². The quantitative estimate of drug-likeness (QED) is 0.540. The van der Waals surface area contributed by atoms with Crippen LogP contribution in [0.25, 0.3) is 0 Å². The molecule has 3 aliphatic heterocycles. The van der Waals surface area contributed by atoms with Gasteiger partial charge in [0.25, 0.3) is 0 Å². The Morgan fingerprint density at radius 1 is 1.67 bits per heavy atom. The van der Waals surface area contributed by atoms with Crippen molar-refractivity contribution in [3.63, 3.8) is 0 Å². The Labute approximate surface area is 134 Å². The molecule has 2 N–H and O–H groups in total. The molecule has 0 radical (unpaired) electrons. The van der Waals surface area contributed by atoms with Crippen LogP contribution in [0.15, 0.2) is 0 Å². The summed E-state index contributed by atoms with van der Waals surface area (Å²) in [5, 5.41) is 19.1. The number of carboxylic acid groups (broad SMARTS) is 1. The van der Waals surface area contributed by atoms with E-state index in [0.29, 0.717) is 11.5 Å². The highest BCUT2D eigenvalue weighted by Crippen LogP contribution is 2.56. The lowest BCUT2D eigenvalue weighted by Crippen LogP contribution is -2.60. The van der Waals surface area contributed by atoms with Crippen molar-refractivity contribution in [2.45, 2.75) is 34.2 Å². The van der Waals surface area contributed by atoms with E-state index in [9.17, 15) is 24.4 Å². The SMILES string of the molecule is C[C@@H](O)[C@H]1C(=O)N2CC(S[C@H]3CC[S@@+]([O-])C3)(C(=O)O)S[C@H]12. The van der Waals surface area contributed by atoms with Crippen LogP contribution in [0.4, 0.5) is 0 Å². The Bertz CT molecular complexity index is 476. The first-order chi connectivity index (χ1) is 9.84. The summed E-state index contributed by atoms with van der Waals surface area (Å²) in [6.07, 6.45) is -0.00878. The van der Waals surface area contributed by atoms with Crippen molar-refractivity contribution in [2.75, 3.05) is 18.1 Å². The van der Waals surface area contributed by atoms with Crippen LogP contribution in [0, 0.1) is 5.92 Å². The molecule has 0 aromatic carbocycles. The first-order valence-corrected chi connectivity index (χ1v) is 10.0. The summed E-state index contributed by atoms with van der Waals surface area (Å²) in [7, 11) is 0. The van der Waals surface area contributed by atoms with Gasteiger partial charge in [-0.2, -0.15) is 0 Å². The fourth-order valence-corrected chi connectivity index (χ4v) is 8.68. The number of thioether (sulfide) groups is 2. The maximum atomic E-state index is 12.0. The van der Waals surface area contributed by atoms with Crippen molar-refractivity contribution in [3.8, 4) is 0 Å². The van der Waals surface area contributed by atoms with Gasteiger partial charge >= 0.3 is 5.97 Å². The number of amides is 1. The minimum Gasteiger partial charge on any atom is -0.616 e. The Morgan fingerprint density at radius 3 is 2.90 bits per heavy atom. The molecule has 6 atom stereocenters. The van der Waals surface area contributed by atoms with E-state index in [4.69, 9.17) is 0 Å². The first-order valence-electron chi connectivity index (χ1n) is 6.76. The highest BCUT2D eigenvalue weighted by molar-refractivity contribution is 8.20. The highest BCUT2D eigenvalue weighted by atomic mass is 32.2. The lowest BCUT2D eigenvalue weighted by atomic mass is 9.93. The average molecular weight is 351 g/mol. The van der Waals surface area contributed by atoms with Crippen LogP contribution < -0.4 is 0 Å². The number of hydrogen-bond donors (Lipinski definition) is 2. The molecule has 6 nitrogen and oxygen atoms in total. The number of carboxylic acids is 1. The van der Waals surface area contributed by atoms with Crippen LogP contribution in [0.3, 0.4) is 0 Å². The number of aliphatic hydroxyl groups is 1. The molecule has 0 bridgehead atoms. The third kappa shape index (κ3) is 2.56. The summed E-state index contributed by atoms with van der Waals surface area (Å²) in [5.74, 6) is -0.462. The van der Waals surface area contributed by atoms with Crippen molar-refractivity contribution in [2.24, 2.45) is 5.92 Å². The number of fused-ring (bicyclic) bond motifs is 1. The van der Waals surface area contributed by atoms with Gasteiger partial charge in [0.15, 0.2) is 4.08 Å². The van der Waals surface area contributed by atoms with Gasteiger partial charge in [0.2, 0.25) is 5.91 Å². The van der Waals surface area contributed by atoms with E-state index in [1.54, 1.807) is 11.8 Å². The number of β-lactam (4-membered cyclic amide) rings is 1. The van der Waals surface area contributed by atoms with E-state index in [-0.39, 0.29) is 23.1 Å². The zero-order valence-electron chi connectivity index (χ0n) is 11.4. The van der Waals surface area contributed by atoms with Gasteiger partial charge in [-0.3, -0.25) is 4.79 Å². The Hall–Kier alpha value is -0.0900. The monoisotopic (exact) mass is 351 g/mol. The fourth-order valence-electron chi connectivity index (χ4n) is 2.99. The third-order valence-electron chi connectivity index (χ3n) is 4.11. The van der Waals surface area contributed by atoms with Crippen LogP contribution >= 0.6 is 23.5 Å². The van der Waals surface area contributed by atoms with E-state index in [1.165, 1.54) is 23.5 Å². The molecule has 1 amide bonds. The van der Waals surface area contributed by atoms with Crippen LogP contribution in [0.2, 0.25) is 0 Å². The van der Waals surface area contributed by atoms with Crippen LogP contribution in [0.1, 0.15) is 13.3 Å². The van der Waals surface area contributed by atoms with Gasteiger partial charge < -0.3 is 19.7 Å². The van der Waals surface area contributed by atoms with Gasteiger partial charge in [-0.1, -0.05) is 11.2 Å². The summed E-state index contributed by atoms with van der Waals surface area (Å²) < 4.78 is 10.4. The van der Waals surface area contributed by atoms with Gasteiger partial charge in [-0.25, -0.2) is 4.79 Å². The summed E-state index contributed by atoms with van der Waals surface area (Å²) in [6.45, 7) is 1.72. The number of aliphatic carboxylic acids is 1. The average Bonchev–Trinajstić information content (AvgIpc) is 2.93. The maximum absolute atomic E-state index is 12.0. The van der Waals surface area contributed by atoms with Gasteiger partial charge in [-0.05, 0) is 6.92 Å². The van der Waals surface area contributed by atoms with Gasteiger partial charge in [-0.15, -0.1) is 23.5 Å². The molecule has 0 spiro atoms. The lowest BCUT2D eigenvalue weighted by Gasteiger charge is -2.42. The lowest BCUT2D eigenvalue weighted by molar-refractivity contribution is -0.155. The second-order valence-corrected chi connectivity index (χ2v) is 10.5. The van der Waals surface area contributed by atoms with Crippen molar-refractivity contribution in [1.29, 1.82) is 0 Å². The van der Waals surface area contributed by atoms with Crippen molar-refractivity contribution >= 4 is 46.6 Å². The van der Waals surface area contributed by atoms with E-state index in [2.05, 4.69) is 0 Å². The smallest absolute Gasteiger partial charge is 0.332 e. The van der Waals surface area contributed by atoms with E-state index in [0.717, 1.165) is 6.42 Å². The predicted molar refractivity (Wildman–Crippen MR) is 82.5 cm³/mol. The number of carbonyl (C=O) groups excluding carboxylic acids is 1. The second kappa shape index (κ2) is 5.52. The summed E-state index contributed by atoms with van der Waals surface area (Å²) in [4.78, 5) is 25.3. The molecule has 1 unspecified atom stereocenters.